The van der Waals surface area contributed by atoms with E-state index in [0.717, 1.165) is 48.3 Å². The van der Waals surface area contributed by atoms with Crippen molar-refractivity contribution in [2.75, 3.05) is 5.32 Å². The SMILES string of the molecule is Cc1cc(Cl)ccc1NC(=O)C[C@@H](CCC(=O)O)c1noc([C@H]2C[C@@H](CC(C)(C)C)C2)c1C1CC1. The second-order valence-corrected chi connectivity index (χ2v) is 12.2. The topological polar surface area (TPSA) is 92.4 Å². The van der Waals surface area contributed by atoms with Crippen molar-refractivity contribution in [1.29, 1.82) is 0 Å². The van der Waals surface area contributed by atoms with Gasteiger partial charge in [-0.15, -0.1) is 0 Å². The van der Waals surface area contributed by atoms with Gasteiger partial charge in [0.1, 0.15) is 5.76 Å². The molecule has 1 heterocycles. The van der Waals surface area contributed by atoms with Crippen molar-refractivity contribution in [3.05, 3.63) is 45.8 Å². The molecule has 2 aromatic rings. The molecule has 0 bridgehead atoms. The number of hydrogen-bond donors (Lipinski definition) is 2. The molecular weight excluding hydrogens is 464 g/mol. The van der Waals surface area contributed by atoms with E-state index in [1.807, 2.05) is 6.92 Å². The van der Waals surface area contributed by atoms with Gasteiger partial charge in [-0.3, -0.25) is 9.59 Å². The number of carboxylic acid groups (broad SMARTS) is 1. The molecular formula is C28H37ClN2O4. The van der Waals surface area contributed by atoms with Gasteiger partial charge in [-0.05, 0) is 86.5 Å². The fourth-order valence-electron chi connectivity index (χ4n) is 5.50. The second-order valence-electron chi connectivity index (χ2n) is 11.8. The Hall–Kier alpha value is -2.34. The van der Waals surface area contributed by atoms with E-state index in [-0.39, 0.29) is 24.7 Å². The number of aliphatic carboxylic acids is 1. The van der Waals surface area contributed by atoms with Crippen LogP contribution in [0.4, 0.5) is 5.69 Å². The first kappa shape index (κ1) is 25.7. The van der Waals surface area contributed by atoms with Crippen molar-refractivity contribution in [2.24, 2.45) is 11.3 Å². The van der Waals surface area contributed by atoms with Crippen LogP contribution in [0.1, 0.15) is 112 Å². The largest absolute Gasteiger partial charge is 0.481 e. The average Bonchev–Trinajstić information content (AvgIpc) is 3.47. The Bertz CT molecular complexity index is 1080. The lowest BCUT2D eigenvalue weighted by atomic mass is 9.66. The fraction of sp³-hybridized carbons (Fsp3) is 0.607. The lowest BCUT2D eigenvalue weighted by molar-refractivity contribution is -0.137. The molecule has 2 fully saturated rings. The molecule has 1 atom stereocenters. The Labute approximate surface area is 212 Å². The predicted octanol–water partition coefficient (Wildman–Crippen LogP) is 7.42. The van der Waals surface area contributed by atoms with E-state index in [4.69, 9.17) is 16.1 Å². The summed E-state index contributed by atoms with van der Waals surface area (Å²) in [4.78, 5) is 24.4. The Kier molecular flexibility index (Phi) is 7.60. The van der Waals surface area contributed by atoms with E-state index in [9.17, 15) is 14.7 Å². The molecule has 190 valence electrons. The molecule has 4 rings (SSSR count). The zero-order valence-electron chi connectivity index (χ0n) is 21.2. The van der Waals surface area contributed by atoms with Crippen LogP contribution >= 0.6 is 11.6 Å². The molecule has 0 unspecified atom stereocenters. The summed E-state index contributed by atoms with van der Waals surface area (Å²) in [5, 5.41) is 17.4. The molecule has 2 aliphatic rings. The fourth-order valence-corrected chi connectivity index (χ4v) is 5.73. The van der Waals surface area contributed by atoms with Crippen molar-refractivity contribution >= 4 is 29.2 Å². The number of rotatable bonds is 10. The quantitative estimate of drug-likeness (QED) is 0.354. The van der Waals surface area contributed by atoms with Crippen LogP contribution in [0.25, 0.3) is 0 Å². The summed E-state index contributed by atoms with van der Waals surface area (Å²) < 4.78 is 5.96. The van der Waals surface area contributed by atoms with Gasteiger partial charge < -0.3 is 14.9 Å². The third-order valence-corrected chi connectivity index (χ3v) is 7.50. The monoisotopic (exact) mass is 500 g/mol. The highest BCUT2D eigenvalue weighted by atomic mass is 35.5. The molecule has 0 radical (unpaired) electrons. The summed E-state index contributed by atoms with van der Waals surface area (Å²) in [7, 11) is 0. The number of anilines is 1. The molecule has 7 heteroatoms. The van der Waals surface area contributed by atoms with Crippen molar-refractivity contribution < 1.29 is 19.2 Å². The molecule has 1 aromatic carbocycles. The van der Waals surface area contributed by atoms with Crippen LogP contribution in [-0.2, 0) is 9.59 Å². The number of halogens is 1. The Balaban J connectivity index is 1.51. The molecule has 0 saturated heterocycles. The summed E-state index contributed by atoms with van der Waals surface area (Å²) in [6.45, 7) is 8.74. The number of hydrogen-bond acceptors (Lipinski definition) is 4. The maximum absolute atomic E-state index is 13.0. The number of nitrogens with zero attached hydrogens (tertiary/aromatic N) is 1. The minimum absolute atomic E-state index is 0.0126. The summed E-state index contributed by atoms with van der Waals surface area (Å²) in [6, 6.07) is 5.34. The standard InChI is InChI=1S/C28H37ClN2O4/c1-16-11-21(29)8-9-22(16)30-23(32)14-19(7-10-24(33)34)26-25(18-5-6-18)27(35-31-26)20-12-17(13-20)15-28(2,3)4/h8-9,11,17-20H,5-7,10,12-15H2,1-4H3,(H,30,32)(H,33,34)/t17-,19-,20+/m1/s1. The van der Waals surface area contributed by atoms with E-state index in [1.54, 1.807) is 18.2 Å². The summed E-state index contributed by atoms with van der Waals surface area (Å²) in [5.41, 5.74) is 3.87. The van der Waals surface area contributed by atoms with Crippen LogP contribution in [0.2, 0.25) is 5.02 Å². The van der Waals surface area contributed by atoms with E-state index >= 15 is 0 Å². The number of carbonyl (C=O) groups excluding carboxylic acids is 1. The third-order valence-electron chi connectivity index (χ3n) is 7.26. The molecule has 2 saturated carbocycles. The lowest BCUT2D eigenvalue weighted by Gasteiger charge is -2.38. The minimum Gasteiger partial charge on any atom is -0.481 e. The van der Waals surface area contributed by atoms with Gasteiger partial charge in [-0.2, -0.15) is 0 Å². The van der Waals surface area contributed by atoms with E-state index < -0.39 is 5.97 Å². The third kappa shape index (κ3) is 6.66. The molecule has 1 amide bonds. The van der Waals surface area contributed by atoms with Crippen molar-refractivity contribution in [1.82, 2.24) is 5.16 Å². The van der Waals surface area contributed by atoms with Gasteiger partial charge in [0.25, 0.3) is 0 Å². The normalized spacial score (nSPS) is 20.8. The van der Waals surface area contributed by atoms with Crippen LogP contribution in [0.5, 0.6) is 0 Å². The molecule has 2 aliphatic carbocycles. The maximum atomic E-state index is 13.0. The number of carboxylic acids is 1. The minimum atomic E-state index is -0.871. The van der Waals surface area contributed by atoms with Crippen LogP contribution in [0, 0.1) is 18.3 Å². The van der Waals surface area contributed by atoms with Gasteiger partial charge in [-0.1, -0.05) is 37.5 Å². The van der Waals surface area contributed by atoms with Gasteiger partial charge in [-0.25, -0.2) is 0 Å². The number of nitrogens with one attached hydrogen (secondary N) is 1. The summed E-state index contributed by atoms with van der Waals surface area (Å²) >= 11 is 6.04. The van der Waals surface area contributed by atoms with Gasteiger partial charge in [0.2, 0.25) is 5.91 Å². The Morgan fingerprint density at radius 2 is 1.94 bits per heavy atom. The molecule has 35 heavy (non-hydrogen) atoms. The zero-order valence-corrected chi connectivity index (χ0v) is 22.0. The predicted molar refractivity (Wildman–Crippen MR) is 137 cm³/mol. The smallest absolute Gasteiger partial charge is 0.303 e. The van der Waals surface area contributed by atoms with E-state index in [2.05, 4.69) is 31.2 Å². The number of carbonyl (C=O) groups is 2. The second kappa shape index (κ2) is 10.3. The molecule has 0 aliphatic heterocycles. The van der Waals surface area contributed by atoms with Gasteiger partial charge in [0.15, 0.2) is 0 Å². The van der Waals surface area contributed by atoms with Gasteiger partial charge in [0.05, 0.1) is 5.69 Å². The zero-order chi connectivity index (χ0) is 25.3. The highest BCUT2D eigenvalue weighted by Crippen LogP contribution is 2.53. The maximum Gasteiger partial charge on any atom is 0.303 e. The first-order chi connectivity index (χ1) is 16.5. The number of aryl methyl sites for hydroxylation is 1. The highest BCUT2D eigenvalue weighted by Gasteiger charge is 2.42. The van der Waals surface area contributed by atoms with E-state index in [0.29, 0.717) is 40.3 Å². The molecule has 6 nitrogen and oxygen atoms in total. The number of amides is 1. The summed E-state index contributed by atoms with van der Waals surface area (Å²) in [6.07, 6.45) is 6.13. The average molecular weight is 501 g/mol. The van der Waals surface area contributed by atoms with Crippen LogP contribution < -0.4 is 5.32 Å². The molecule has 1 aromatic heterocycles. The van der Waals surface area contributed by atoms with Crippen LogP contribution in [0.3, 0.4) is 0 Å². The van der Waals surface area contributed by atoms with Gasteiger partial charge in [0, 0.05) is 41.0 Å². The van der Waals surface area contributed by atoms with E-state index in [1.165, 1.54) is 6.42 Å². The van der Waals surface area contributed by atoms with Crippen molar-refractivity contribution in [2.45, 2.75) is 96.8 Å². The van der Waals surface area contributed by atoms with Crippen molar-refractivity contribution in [3.8, 4) is 0 Å². The number of benzene rings is 1. The van der Waals surface area contributed by atoms with Crippen molar-refractivity contribution in [3.63, 3.8) is 0 Å². The van der Waals surface area contributed by atoms with Crippen LogP contribution in [0.15, 0.2) is 22.7 Å². The Morgan fingerprint density at radius 3 is 2.54 bits per heavy atom. The number of aromatic nitrogens is 1. The molecule has 0 spiro atoms. The first-order valence-corrected chi connectivity index (χ1v) is 13.1. The molecule has 2 N–H and O–H groups in total. The van der Waals surface area contributed by atoms with Crippen LogP contribution in [-0.4, -0.2) is 22.1 Å². The van der Waals surface area contributed by atoms with Gasteiger partial charge >= 0.3 is 5.97 Å². The summed E-state index contributed by atoms with van der Waals surface area (Å²) in [5.74, 6) is 1.17. The Morgan fingerprint density at radius 1 is 1.23 bits per heavy atom. The first-order valence-electron chi connectivity index (χ1n) is 12.8. The highest BCUT2D eigenvalue weighted by molar-refractivity contribution is 6.30. The lowest BCUT2D eigenvalue weighted by Crippen LogP contribution is -2.26.